The molecule has 1 aliphatic rings. The topological polar surface area (TPSA) is 29.1 Å². The Kier molecular flexibility index (Phi) is 4.23. The summed E-state index contributed by atoms with van der Waals surface area (Å²) in [7, 11) is -0.766. The fraction of sp³-hybridized carbons (Fsp3) is 0.538. The maximum atomic E-state index is 12.1. The molecule has 2 rings (SSSR count). The van der Waals surface area contributed by atoms with E-state index < -0.39 is 10.8 Å². The maximum Gasteiger partial charge on any atom is 0.0514 e. The van der Waals surface area contributed by atoms with Crippen LogP contribution in [0.25, 0.3) is 0 Å². The molecule has 4 atom stereocenters. The Balaban J connectivity index is 2.30. The van der Waals surface area contributed by atoms with Crippen LogP contribution in [0, 0.1) is 0 Å². The molecule has 0 spiro atoms. The van der Waals surface area contributed by atoms with E-state index in [-0.39, 0.29) is 11.3 Å². The molecular formula is C13H18ClNOS. The Morgan fingerprint density at radius 3 is 2.88 bits per heavy atom. The molecule has 0 aliphatic carbocycles. The molecule has 1 saturated heterocycles. The third kappa shape index (κ3) is 3.09. The molecule has 0 bridgehead atoms. The molecule has 1 aliphatic heterocycles. The van der Waals surface area contributed by atoms with Gasteiger partial charge in [-0.1, -0.05) is 23.7 Å². The van der Waals surface area contributed by atoms with E-state index in [2.05, 4.69) is 18.3 Å². The lowest BCUT2D eigenvalue weighted by Gasteiger charge is -2.24. The van der Waals surface area contributed by atoms with Crippen molar-refractivity contribution in [1.29, 1.82) is 0 Å². The summed E-state index contributed by atoms with van der Waals surface area (Å²) >= 11 is 6.02. The molecule has 0 aromatic heterocycles. The van der Waals surface area contributed by atoms with E-state index in [1.807, 2.05) is 25.1 Å². The van der Waals surface area contributed by atoms with Crippen molar-refractivity contribution in [3.63, 3.8) is 0 Å². The van der Waals surface area contributed by atoms with Crippen molar-refractivity contribution in [2.24, 2.45) is 0 Å². The van der Waals surface area contributed by atoms with Gasteiger partial charge in [-0.05, 0) is 38.0 Å². The zero-order valence-corrected chi connectivity index (χ0v) is 11.7. The van der Waals surface area contributed by atoms with Crippen molar-refractivity contribution in [2.75, 3.05) is 5.75 Å². The summed E-state index contributed by atoms with van der Waals surface area (Å²) in [5, 5.41) is 4.41. The summed E-state index contributed by atoms with van der Waals surface area (Å²) in [6.07, 6.45) is 0.966. The molecule has 2 nitrogen and oxygen atoms in total. The van der Waals surface area contributed by atoms with Crippen molar-refractivity contribution < 1.29 is 4.21 Å². The molecule has 0 radical (unpaired) electrons. The summed E-state index contributed by atoms with van der Waals surface area (Å²) in [5.74, 6) is 0.784. The molecule has 4 heteroatoms. The first-order valence-corrected chi connectivity index (χ1v) is 7.72. The van der Waals surface area contributed by atoms with Crippen molar-refractivity contribution in [3.8, 4) is 0 Å². The zero-order chi connectivity index (χ0) is 12.4. The van der Waals surface area contributed by atoms with Gasteiger partial charge in [0.2, 0.25) is 0 Å². The summed E-state index contributed by atoms with van der Waals surface area (Å²) in [5.41, 5.74) is 1.13. The van der Waals surface area contributed by atoms with E-state index in [4.69, 9.17) is 11.6 Å². The molecule has 0 amide bonds. The Labute approximate surface area is 110 Å². The standard InChI is InChI=1S/C13H18ClNOS/c1-9-6-7-17(16)10(2)13(15-9)11-4-3-5-12(14)8-11/h3-5,8-10,13,15H,6-7H2,1-2H3. The lowest BCUT2D eigenvalue weighted by molar-refractivity contribution is 0.455. The monoisotopic (exact) mass is 271 g/mol. The predicted octanol–water partition coefficient (Wildman–Crippen LogP) is 2.90. The molecular weight excluding hydrogens is 254 g/mol. The van der Waals surface area contributed by atoms with Crippen LogP contribution in [0.1, 0.15) is 31.9 Å². The molecule has 1 aromatic carbocycles. The number of nitrogens with one attached hydrogen (secondary N) is 1. The SMILES string of the molecule is CC1CCS(=O)C(C)C(c2cccc(Cl)c2)N1. The quantitative estimate of drug-likeness (QED) is 0.851. The van der Waals surface area contributed by atoms with Gasteiger partial charge in [0.15, 0.2) is 0 Å². The molecule has 94 valence electrons. The average molecular weight is 272 g/mol. The van der Waals surface area contributed by atoms with E-state index in [1.165, 1.54) is 0 Å². The summed E-state index contributed by atoms with van der Waals surface area (Å²) in [4.78, 5) is 0. The Bertz CT molecular complexity index is 424. The molecule has 1 N–H and O–H groups in total. The highest BCUT2D eigenvalue weighted by atomic mass is 35.5. The van der Waals surface area contributed by atoms with Gasteiger partial charge in [0.25, 0.3) is 0 Å². The number of halogens is 1. The van der Waals surface area contributed by atoms with E-state index in [0.717, 1.165) is 22.8 Å². The first kappa shape index (κ1) is 13.1. The van der Waals surface area contributed by atoms with Crippen molar-refractivity contribution in [3.05, 3.63) is 34.9 Å². The van der Waals surface area contributed by atoms with Gasteiger partial charge >= 0.3 is 0 Å². The summed E-state index contributed by atoms with van der Waals surface area (Å²) in [6, 6.07) is 8.36. The van der Waals surface area contributed by atoms with Crippen molar-refractivity contribution >= 4 is 22.4 Å². The molecule has 1 aromatic rings. The van der Waals surface area contributed by atoms with Gasteiger partial charge in [-0.25, -0.2) is 0 Å². The van der Waals surface area contributed by atoms with Crippen LogP contribution >= 0.6 is 11.6 Å². The van der Waals surface area contributed by atoms with Gasteiger partial charge in [0.05, 0.1) is 5.25 Å². The smallest absolute Gasteiger partial charge is 0.0514 e. The van der Waals surface area contributed by atoms with E-state index in [0.29, 0.717) is 6.04 Å². The van der Waals surface area contributed by atoms with Crippen LogP contribution in [-0.4, -0.2) is 21.3 Å². The summed E-state index contributed by atoms with van der Waals surface area (Å²) in [6.45, 7) is 4.19. The van der Waals surface area contributed by atoms with E-state index in [1.54, 1.807) is 0 Å². The van der Waals surface area contributed by atoms with Crippen LogP contribution < -0.4 is 5.32 Å². The van der Waals surface area contributed by atoms with Gasteiger partial charge in [0, 0.05) is 33.7 Å². The molecule has 4 unspecified atom stereocenters. The number of benzene rings is 1. The largest absolute Gasteiger partial charge is 0.306 e. The third-order valence-electron chi connectivity index (χ3n) is 3.31. The van der Waals surface area contributed by atoms with Crippen molar-refractivity contribution in [1.82, 2.24) is 5.32 Å². The predicted molar refractivity (Wildman–Crippen MR) is 73.9 cm³/mol. The van der Waals surface area contributed by atoms with Gasteiger partial charge in [-0.2, -0.15) is 0 Å². The lowest BCUT2D eigenvalue weighted by Crippen LogP contribution is -2.34. The summed E-state index contributed by atoms with van der Waals surface area (Å²) < 4.78 is 12.1. The van der Waals surface area contributed by atoms with Crippen molar-refractivity contribution in [2.45, 2.75) is 37.6 Å². The van der Waals surface area contributed by atoms with Gasteiger partial charge in [-0.15, -0.1) is 0 Å². The maximum absolute atomic E-state index is 12.1. The third-order valence-corrected chi connectivity index (χ3v) is 5.28. The van der Waals surface area contributed by atoms with Crippen LogP contribution in [-0.2, 0) is 10.8 Å². The fourth-order valence-electron chi connectivity index (χ4n) is 2.22. The Morgan fingerprint density at radius 1 is 1.41 bits per heavy atom. The lowest BCUT2D eigenvalue weighted by atomic mass is 10.0. The average Bonchev–Trinajstić information content (AvgIpc) is 2.43. The molecule has 0 saturated carbocycles. The molecule has 1 heterocycles. The zero-order valence-electron chi connectivity index (χ0n) is 10.2. The Morgan fingerprint density at radius 2 is 2.18 bits per heavy atom. The first-order chi connectivity index (χ1) is 8.08. The number of rotatable bonds is 1. The second kappa shape index (κ2) is 5.51. The number of hydrogen-bond donors (Lipinski definition) is 1. The molecule has 17 heavy (non-hydrogen) atoms. The van der Waals surface area contributed by atoms with Crippen LogP contribution in [0.15, 0.2) is 24.3 Å². The van der Waals surface area contributed by atoms with Crippen LogP contribution in [0.4, 0.5) is 0 Å². The minimum Gasteiger partial charge on any atom is -0.306 e. The highest BCUT2D eigenvalue weighted by Crippen LogP contribution is 2.26. The molecule has 1 fully saturated rings. The first-order valence-electron chi connectivity index (χ1n) is 5.96. The number of hydrogen-bond acceptors (Lipinski definition) is 2. The second-order valence-corrected chi connectivity index (χ2v) is 7.03. The second-order valence-electron chi connectivity index (χ2n) is 4.68. The highest BCUT2D eigenvalue weighted by Gasteiger charge is 2.28. The Hall–Kier alpha value is -0.380. The van der Waals surface area contributed by atoms with Crippen LogP contribution in [0.2, 0.25) is 5.02 Å². The van der Waals surface area contributed by atoms with Crippen LogP contribution in [0.5, 0.6) is 0 Å². The van der Waals surface area contributed by atoms with Crippen LogP contribution in [0.3, 0.4) is 0 Å². The highest BCUT2D eigenvalue weighted by molar-refractivity contribution is 7.85. The van der Waals surface area contributed by atoms with E-state index >= 15 is 0 Å². The normalized spacial score (nSPS) is 34.3. The van der Waals surface area contributed by atoms with Gasteiger partial charge in [0.1, 0.15) is 0 Å². The van der Waals surface area contributed by atoms with Gasteiger partial charge < -0.3 is 5.32 Å². The van der Waals surface area contributed by atoms with E-state index in [9.17, 15) is 4.21 Å². The minimum absolute atomic E-state index is 0.124. The fourth-order valence-corrected chi connectivity index (χ4v) is 3.92. The van der Waals surface area contributed by atoms with Gasteiger partial charge in [-0.3, -0.25) is 4.21 Å². The minimum atomic E-state index is -0.766.